The predicted octanol–water partition coefficient (Wildman–Crippen LogP) is 4.53. The van der Waals surface area contributed by atoms with E-state index in [1.165, 1.54) is 16.4 Å². The Morgan fingerprint density at radius 3 is 2.52 bits per heavy atom. The molecule has 6 nitrogen and oxygen atoms in total. The lowest BCUT2D eigenvalue weighted by Crippen LogP contribution is -2.17. The molecule has 1 amide bonds. The second-order valence-electron chi connectivity index (χ2n) is 5.93. The van der Waals surface area contributed by atoms with E-state index < -0.39 is 0 Å². The largest absolute Gasteiger partial charge is 0.335 e. The SMILES string of the molecule is Cc1cc(Br)c(NC(=O)CSc2nnc(-c3ccccc3C)n2N)c(Br)c1. The zero-order valence-electron chi connectivity index (χ0n) is 14.7. The molecular formula is C18H17Br2N5OS. The molecule has 0 spiro atoms. The second-order valence-corrected chi connectivity index (χ2v) is 8.58. The quantitative estimate of drug-likeness (QED) is 0.389. The number of carbonyl (C=O) groups excluding carboxylic acids is 1. The predicted molar refractivity (Wildman–Crippen MR) is 116 cm³/mol. The number of halogens is 2. The summed E-state index contributed by atoms with van der Waals surface area (Å²) < 4.78 is 3.05. The number of nitrogen functional groups attached to an aromatic ring is 1. The molecule has 3 N–H and O–H groups in total. The summed E-state index contributed by atoms with van der Waals surface area (Å²) in [6.45, 7) is 3.97. The van der Waals surface area contributed by atoms with Crippen LogP contribution in [0.25, 0.3) is 11.4 Å². The van der Waals surface area contributed by atoms with E-state index in [4.69, 9.17) is 5.84 Å². The van der Waals surface area contributed by atoms with Crippen molar-refractivity contribution in [1.82, 2.24) is 14.9 Å². The van der Waals surface area contributed by atoms with Crippen molar-refractivity contribution < 1.29 is 4.79 Å². The summed E-state index contributed by atoms with van der Waals surface area (Å²) in [5.74, 6) is 6.70. The summed E-state index contributed by atoms with van der Waals surface area (Å²) >= 11 is 8.18. The van der Waals surface area contributed by atoms with Crippen LogP contribution in [0.15, 0.2) is 50.5 Å². The van der Waals surface area contributed by atoms with Gasteiger partial charge in [0.2, 0.25) is 11.1 Å². The third-order valence-corrected chi connectivity index (χ3v) is 6.03. The van der Waals surface area contributed by atoms with Crippen LogP contribution in [0, 0.1) is 13.8 Å². The Labute approximate surface area is 178 Å². The van der Waals surface area contributed by atoms with E-state index in [2.05, 4.69) is 47.4 Å². The average Bonchev–Trinajstić information content (AvgIpc) is 2.97. The second kappa shape index (κ2) is 8.45. The van der Waals surface area contributed by atoms with Crippen molar-refractivity contribution in [2.45, 2.75) is 19.0 Å². The van der Waals surface area contributed by atoms with Gasteiger partial charge in [0.1, 0.15) is 0 Å². The standard InChI is InChI=1S/C18H17Br2N5OS/c1-10-7-13(19)16(14(20)8-10)22-15(26)9-27-18-24-23-17(25(18)21)12-6-4-3-5-11(12)2/h3-8H,9,21H2,1-2H3,(H,22,26). The van der Waals surface area contributed by atoms with Crippen molar-refractivity contribution in [3.63, 3.8) is 0 Å². The van der Waals surface area contributed by atoms with E-state index in [9.17, 15) is 4.79 Å². The van der Waals surface area contributed by atoms with Crippen LogP contribution in [0.5, 0.6) is 0 Å². The molecule has 0 saturated carbocycles. The molecule has 0 aliphatic rings. The third kappa shape index (κ3) is 4.53. The van der Waals surface area contributed by atoms with E-state index in [0.717, 1.165) is 25.6 Å². The molecule has 27 heavy (non-hydrogen) atoms. The minimum Gasteiger partial charge on any atom is -0.335 e. The summed E-state index contributed by atoms with van der Waals surface area (Å²) in [5, 5.41) is 11.6. The maximum absolute atomic E-state index is 12.3. The number of aromatic nitrogens is 3. The molecule has 0 saturated heterocycles. The fourth-order valence-electron chi connectivity index (χ4n) is 2.51. The van der Waals surface area contributed by atoms with Gasteiger partial charge in [0.05, 0.1) is 11.4 Å². The highest BCUT2D eigenvalue weighted by molar-refractivity contribution is 9.11. The molecule has 3 rings (SSSR count). The van der Waals surface area contributed by atoms with E-state index in [1.54, 1.807) is 0 Å². The fourth-order valence-corrected chi connectivity index (χ4v) is 4.78. The molecule has 0 atom stereocenters. The van der Waals surface area contributed by atoms with Crippen LogP contribution in [0.3, 0.4) is 0 Å². The fraction of sp³-hybridized carbons (Fsp3) is 0.167. The van der Waals surface area contributed by atoms with Crippen molar-refractivity contribution in [2.24, 2.45) is 0 Å². The van der Waals surface area contributed by atoms with Gasteiger partial charge < -0.3 is 11.2 Å². The molecule has 0 unspecified atom stereocenters. The van der Waals surface area contributed by atoms with Gasteiger partial charge in [-0.2, -0.15) is 0 Å². The maximum atomic E-state index is 12.3. The van der Waals surface area contributed by atoms with Crippen molar-refractivity contribution >= 4 is 55.2 Å². The Morgan fingerprint density at radius 1 is 1.19 bits per heavy atom. The van der Waals surface area contributed by atoms with E-state index in [-0.39, 0.29) is 11.7 Å². The van der Waals surface area contributed by atoms with Gasteiger partial charge >= 0.3 is 0 Å². The van der Waals surface area contributed by atoms with E-state index >= 15 is 0 Å². The van der Waals surface area contributed by atoms with Crippen molar-refractivity contribution in [1.29, 1.82) is 0 Å². The molecule has 9 heteroatoms. The van der Waals surface area contributed by atoms with Gasteiger partial charge in [0.15, 0.2) is 5.82 Å². The normalized spacial score (nSPS) is 10.8. The van der Waals surface area contributed by atoms with Crippen LogP contribution in [0.2, 0.25) is 0 Å². The van der Waals surface area contributed by atoms with Crippen LogP contribution in [-0.4, -0.2) is 26.5 Å². The van der Waals surface area contributed by atoms with Crippen molar-refractivity contribution in [2.75, 3.05) is 16.9 Å². The molecule has 0 aliphatic heterocycles. The van der Waals surface area contributed by atoms with Crippen LogP contribution < -0.4 is 11.2 Å². The molecule has 1 heterocycles. The first-order valence-electron chi connectivity index (χ1n) is 8.01. The lowest BCUT2D eigenvalue weighted by atomic mass is 10.1. The van der Waals surface area contributed by atoms with Crippen LogP contribution >= 0.6 is 43.6 Å². The number of benzene rings is 2. The molecule has 0 aliphatic carbocycles. The summed E-state index contributed by atoms with van der Waals surface area (Å²) in [6.07, 6.45) is 0. The molecule has 2 aromatic carbocycles. The van der Waals surface area contributed by atoms with Crippen LogP contribution in [0.1, 0.15) is 11.1 Å². The number of anilines is 1. The summed E-state index contributed by atoms with van der Waals surface area (Å²) in [5.41, 5.74) is 3.75. The minimum atomic E-state index is -0.161. The Bertz CT molecular complexity index is 982. The summed E-state index contributed by atoms with van der Waals surface area (Å²) in [7, 11) is 0. The number of nitrogens with zero attached hydrogens (tertiary/aromatic N) is 3. The van der Waals surface area contributed by atoms with E-state index in [1.807, 2.05) is 50.2 Å². The first-order chi connectivity index (χ1) is 12.9. The first kappa shape index (κ1) is 19.9. The summed E-state index contributed by atoms with van der Waals surface area (Å²) in [4.78, 5) is 12.3. The minimum absolute atomic E-state index is 0.161. The first-order valence-corrected chi connectivity index (χ1v) is 10.6. The highest BCUT2D eigenvalue weighted by Gasteiger charge is 2.16. The van der Waals surface area contributed by atoms with Gasteiger partial charge in [-0.3, -0.25) is 4.79 Å². The van der Waals surface area contributed by atoms with Crippen molar-refractivity contribution in [3.05, 3.63) is 56.5 Å². The smallest absolute Gasteiger partial charge is 0.234 e. The van der Waals surface area contributed by atoms with Crippen LogP contribution in [0.4, 0.5) is 5.69 Å². The Hall–Kier alpha value is -1.84. The lowest BCUT2D eigenvalue weighted by molar-refractivity contribution is -0.113. The number of hydrogen-bond acceptors (Lipinski definition) is 5. The molecule has 0 radical (unpaired) electrons. The number of nitrogens with two attached hydrogens (primary N) is 1. The zero-order chi connectivity index (χ0) is 19.6. The number of thioether (sulfide) groups is 1. The van der Waals surface area contributed by atoms with Gasteiger partial charge in [0.25, 0.3) is 0 Å². The Kier molecular flexibility index (Phi) is 6.23. The van der Waals surface area contributed by atoms with Crippen LogP contribution in [-0.2, 0) is 4.79 Å². The van der Waals surface area contributed by atoms with Gasteiger partial charge in [-0.1, -0.05) is 36.0 Å². The van der Waals surface area contributed by atoms with Gasteiger partial charge in [-0.25, -0.2) is 4.68 Å². The molecular weight excluding hydrogens is 494 g/mol. The monoisotopic (exact) mass is 509 g/mol. The zero-order valence-corrected chi connectivity index (χ0v) is 18.7. The number of amides is 1. The highest BCUT2D eigenvalue weighted by Crippen LogP contribution is 2.32. The average molecular weight is 511 g/mol. The van der Waals surface area contributed by atoms with Gasteiger partial charge in [0, 0.05) is 14.5 Å². The molecule has 0 bridgehead atoms. The number of rotatable bonds is 5. The molecule has 3 aromatic rings. The maximum Gasteiger partial charge on any atom is 0.234 e. The topological polar surface area (TPSA) is 85.8 Å². The third-order valence-electron chi connectivity index (χ3n) is 3.83. The number of aryl methyl sites for hydroxylation is 2. The van der Waals surface area contributed by atoms with E-state index in [0.29, 0.717) is 16.7 Å². The van der Waals surface area contributed by atoms with Crippen molar-refractivity contribution in [3.8, 4) is 11.4 Å². The van der Waals surface area contributed by atoms with Gasteiger partial charge in [-0.05, 0) is 69.0 Å². The molecule has 0 fully saturated rings. The highest BCUT2D eigenvalue weighted by atomic mass is 79.9. The lowest BCUT2D eigenvalue weighted by Gasteiger charge is -2.10. The Balaban J connectivity index is 1.69. The molecule has 140 valence electrons. The molecule has 1 aromatic heterocycles. The summed E-state index contributed by atoms with van der Waals surface area (Å²) in [6, 6.07) is 11.7. The van der Waals surface area contributed by atoms with Gasteiger partial charge in [-0.15, -0.1) is 10.2 Å². The number of nitrogens with one attached hydrogen (secondary N) is 1. The number of carbonyl (C=O) groups is 1. The Morgan fingerprint density at radius 2 is 1.85 bits per heavy atom. The number of hydrogen-bond donors (Lipinski definition) is 2.